The van der Waals surface area contributed by atoms with E-state index in [1.165, 1.54) is 7.05 Å². The number of phenolic OH excluding ortho intramolecular Hbond substituents is 1. The van der Waals surface area contributed by atoms with Gasteiger partial charge in [-0.3, -0.25) is 9.59 Å². The van der Waals surface area contributed by atoms with Crippen LogP contribution in [0.15, 0.2) is 29.1 Å². The Balaban J connectivity index is 1.61. The van der Waals surface area contributed by atoms with E-state index in [1.807, 2.05) is 6.92 Å². The number of carbonyl (C=O) groups is 3. The molecule has 0 spiro atoms. The van der Waals surface area contributed by atoms with Crippen molar-refractivity contribution in [2.75, 3.05) is 20.3 Å². The molecule has 1 amide bonds. The van der Waals surface area contributed by atoms with Gasteiger partial charge in [0.25, 0.3) is 5.56 Å². The lowest BCUT2D eigenvalue weighted by molar-refractivity contribution is -0.192. The van der Waals surface area contributed by atoms with Crippen LogP contribution in [-0.2, 0) is 53.8 Å². The van der Waals surface area contributed by atoms with Crippen LogP contribution >= 0.6 is 0 Å². The third kappa shape index (κ3) is 3.90. The maximum Gasteiger partial charge on any atom is 0.355 e. The van der Waals surface area contributed by atoms with Crippen LogP contribution < -0.4 is 10.9 Å². The number of hydrogen-bond donors (Lipinski definition) is 2. The van der Waals surface area contributed by atoms with E-state index < -0.39 is 30.1 Å². The fourth-order valence-corrected chi connectivity index (χ4v) is 5.23. The van der Waals surface area contributed by atoms with Crippen molar-refractivity contribution in [2.45, 2.75) is 45.4 Å². The molecule has 38 heavy (non-hydrogen) atoms. The molecule has 3 aromatic rings. The first kappa shape index (κ1) is 25.4. The van der Waals surface area contributed by atoms with E-state index in [0.29, 0.717) is 23.3 Å². The first-order valence-corrected chi connectivity index (χ1v) is 12.3. The normalized spacial score (nSPS) is 17.4. The van der Waals surface area contributed by atoms with Gasteiger partial charge in [0.05, 0.1) is 29.0 Å². The molecule has 0 aliphatic carbocycles. The van der Waals surface area contributed by atoms with Gasteiger partial charge in [-0.15, -0.1) is 0 Å². The summed E-state index contributed by atoms with van der Waals surface area (Å²) in [4.78, 5) is 55.6. The molecule has 2 aliphatic heterocycles. The van der Waals surface area contributed by atoms with Gasteiger partial charge in [0, 0.05) is 23.6 Å². The number of aromatic nitrogens is 2. The summed E-state index contributed by atoms with van der Waals surface area (Å²) in [5.41, 5.74) is 1.87. The third-order valence-corrected chi connectivity index (χ3v) is 7.13. The zero-order chi connectivity index (χ0) is 27.2. The highest BCUT2D eigenvalue weighted by atomic mass is 16.6. The molecular weight excluding hydrogens is 494 g/mol. The number of hydrogen-bond acceptors (Lipinski definition) is 9. The molecule has 2 aromatic heterocycles. The fourth-order valence-electron chi connectivity index (χ4n) is 5.23. The van der Waals surface area contributed by atoms with Gasteiger partial charge in [-0.05, 0) is 42.7 Å². The summed E-state index contributed by atoms with van der Waals surface area (Å²) in [6, 6.07) is 6.62. The maximum atomic E-state index is 13.7. The number of phenols is 1. The van der Waals surface area contributed by atoms with Crippen LogP contribution in [-0.4, -0.2) is 52.8 Å². The van der Waals surface area contributed by atoms with Crippen LogP contribution in [0.1, 0.15) is 42.5 Å². The van der Waals surface area contributed by atoms with Gasteiger partial charge < -0.3 is 29.2 Å². The van der Waals surface area contributed by atoms with Crippen molar-refractivity contribution < 1.29 is 33.7 Å². The van der Waals surface area contributed by atoms with Crippen molar-refractivity contribution in [3.05, 3.63) is 56.9 Å². The Morgan fingerprint density at radius 1 is 1.18 bits per heavy atom. The average molecular weight is 522 g/mol. The smallest absolute Gasteiger partial charge is 0.355 e. The van der Waals surface area contributed by atoms with Crippen LogP contribution in [0.2, 0.25) is 0 Å². The molecule has 0 radical (unpaired) electrons. The number of likely N-dealkylation sites (N-methyl/N-ethyl adjacent to an activating group) is 1. The summed E-state index contributed by atoms with van der Waals surface area (Å²) < 4.78 is 17.7. The minimum Gasteiger partial charge on any atom is -0.508 e. The van der Waals surface area contributed by atoms with Crippen LogP contribution in [0.25, 0.3) is 22.3 Å². The quantitative estimate of drug-likeness (QED) is 0.347. The molecule has 2 aliphatic rings. The number of benzene rings is 1. The van der Waals surface area contributed by atoms with Gasteiger partial charge >= 0.3 is 11.9 Å². The number of carbonyl (C=O) groups excluding carboxylic acids is 3. The number of aromatic hydroxyl groups is 1. The Bertz CT molecular complexity index is 1560. The number of nitrogens with zero attached hydrogens (tertiary/aromatic N) is 2. The highest BCUT2D eigenvalue weighted by Crippen LogP contribution is 2.42. The van der Waals surface area contributed by atoms with Gasteiger partial charge in [0.2, 0.25) is 11.5 Å². The molecule has 4 heterocycles. The number of aryl methyl sites for hydroxylation is 1. The third-order valence-electron chi connectivity index (χ3n) is 7.13. The summed E-state index contributed by atoms with van der Waals surface area (Å²) in [5, 5.41) is 13.2. The number of rotatable bonds is 7. The van der Waals surface area contributed by atoms with Gasteiger partial charge in [0.15, 0.2) is 0 Å². The number of pyridine rings is 2. The summed E-state index contributed by atoms with van der Waals surface area (Å²) in [6.07, 6.45) is 0.668. The Morgan fingerprint density at radius 3 is 2.68 bits per heavy atom. The van der Waals surface area contributed by atoms with E-state index in [2.05, 4.69) is 5.32 Å². The minimum absolute atomic E-state index is 0.0143. The molecule has 11 nitrogen and oxygen atoms in total. The zero-order valence-electron chi connectivity index (χ0n) is 21.3. The number of amides is 1. The topological polar surface area (TPSA) is 146 Å². The van der Waals surface area contributed by atoms with Crippen LogP contribution in [0, 0.1) is 0 Å². The average Bonchev–Trinajstić information content (AvgIpc) is 3.27. The number of nitrogens with one attached hydrogen (secondary N) is 1. The molecule has 2 N–H and O–H groups in total. The van der Waals surface area contributed by atoms with Gasteiger partial charge in [-0.25, -0.2) is 14.6 Å². The largest absolute Gasteiger partial charge is 0.508 e. The van der Waals surface area contributed by atoms with Crippen molar-refractivity contribution in [1.29, 1.82) is 0 Å². The summed E-state index contributed by atoms with van der Waals surface area (Å²) in [6.45, 7) is 2.76. The van der Waals surface area contributed by atoms with E-state index >= 15 is 0 Å². The van der Waals surface area contributed by atoms with Crippen LogP contribution in [0.4, 0.5) is 0 Å². The van der Waals surface area contributed by atoms with E-state index in [-0.39, 0.29) is 48.6 Å². The van der Waals surface area contributed by atoms with E-state index in [0.717, 1.165) is 16.5 Å². The number of fused-ring (bicyclic) bond motifs is 5. The lowest BCUT2D eigenvalue weighted by atomic mass is 9.85. The standard InChI is InChI=1S/C27H27N3O8/c1-4-15-16-8-14(31)6-7-20(16)29-24-17(15)10-30-21(24)9-19-18(25(30)34)11-37-26(35)27(19,5-2)38-23(33)13-36-12-22(32)28-3/h6-9,31H,4-5,10-13H2,1-3H3,(H,28,32)/t27-/m0/s1. The monoisotopic (exact) mass is 521 g/mol. The second kappa shape index (κ2) is 9.56. The lowest BCUT2D eigenvalue weighted by Crippen LogP contribution is -2.48. The van der Waals surface area contributed by atoms with Crippen molar-refractivity contribution in [2.24, 2.45) is 0 Å². The first-order valence-electron chi connectivity index (χ1n) is 12.3. The highest BCUT2D eigenvalue weighted by molar-refractivity contribution is 5.90. The Hall–Kier alpha value is -4.25. The number of ether oxygens (including phenoxy) is 3. The summed E-state index contributed by atoms with van der Waals surface area (Å²) in [7, 11) is 1.44. The molecule has 0 unspecified atom stereocenters. The van der Waals surface area contributed by atoms with E-state index in [1.54, 1.807) is 35.8 Å². The molecule has 0 bridgehead atoms. The molecule has 0 fully saturated rings. The van der Waals surface area contributed by atoms with Gasteiger partial charge in [-0.1, -0.05) is 13.8 Å². The molecule has 1 aromatic carbocycles. The van der Waals surface area contributed by atoms with E-state index in [9.17, 15) is 24.3 Å². The number of esters is 2. The highest BCUT2D eigenvalue weighted by Gasteiger charge is 2.50. The number of cyclic esters (lactones) is 1. The predicted octanol–water partition coefficient (Wildman–Crippen LogP) is 1.66. The molecule has 0 saturated carbocycles. The van der Waals surface area contributed by atoms with Crippen molar-refractivity contribution in [3.8, 4) is 17.1 Å². The summed E-state index contributed by atoms with van der Waals surface area (Å²) in [5.74, 6) is -1.96. The fraction of sp³-hybridized carbons (Fsp3) is 0.370. The first-order chi connectivity index (χ1) is 18.2. The Morgan fingerprint density at radius 2 is 1.97 bits per heavy atom. The maximum absolute atomic E-state index is 13.7. The van der Waals surface area contributed by atoms with Crippen molar-refractivity contribution in [3.63, 3.8) is 0 Å². The zero-order valence-corrected chi connectivity index (χ0v) is 21.3. The van der Waals surface area contributed by atoms with Crippen LogP contribution in [0.5, 0.6) is 5.75 Å². The van der Waals surface area contributed by atoms with E-state index in [4.69, 9.17) is 19.2 Å². The molecular formula is C27H27N3O8. The Kier molecular flexibility index (Phi) is 6.39. The second-order valence-electron chi connectivity index (χ2n) is 9.18. The van der Waals surface area contributed by atoms with Crippen molar-refractivity contribution >= 4 is 28.7 Å². The lowest BCUT2D eigenvalue weighted by Gasteiger charge is -2.35. The molecule has 0 saturated heterocycles. The minimum atomic E-state index is -1.85. The SMILES string of the molecule is CCc1c2c(nc3ccc(O)cc13)-c1cc3c(c(=O)n1C2)COC(=O)[C@@]3(CC)OC(=O)COCC(=O)NC. The van der Waals surface area contributed by atoms with Gasteiger partial charge in [0.1, 0.15) is 25.6 Å². The molecule has 11 heteroatoms. The second-order valence-corrected chi connectivity index (χ2v) is 9.18. The molecule has 1 atom stereocenters. The molecule has 198 valence electrons. The Labute approximate surface area is 217 Å². The van der Waals surface area contributed by atoms with Gasteiger partial charge in [-0.2, -0.15) is 0 Å². The predicted molar refractivity (Wildman–Crippen MR) is 134 cm³/mol. The summed E-state index contributed by atoms with van der Waals surface area (Å²) >= 11 is 0. The van der Waals surface area contributed by atoms with Crippen molar-refractivity contribution in [1.82, 2.24) is 14.9 Å². The van der Waals surface area contributed by atoms with Crippen LogP contribution in [0.3, 0.4) is 0 Å². The molecule has 5 rings (SSSR count).